The monoisotopic (exact) mass is 304 g/mol. The van der Waals surface area contributed by atoms with Gasteiger partial charge in [-0.15, -0.1) is 0 Å². The highest BCUT2D eigenvalue weighted by Crippen LogP contribution is 2.25. The second-order valence-corrected chi connectivity index (χ2v) is 5.34. The third-order valence-electron chi connectivity index (χ3n) is 3.47. The molecular weight excluding hydrogens is 284 g/mol. The zero-order valence-corrected chi connectivity index (χ0v) is 13.2. The summed E-state index contributed by atoms with van der Waals surface area (Å²) in [6, 6.07) is 19.7. The van der Waals surface area contributed by atoms with E-state index in [0.29, 0.717) is 0 Å². The fourth-order valence-electron chi connectivity index (χ4n) is 2.06. The van der Waals surface area contributed by atoms with Crippen molar-refractivity contribution in [2.75, 3.05) is 0 Å². The zero-order valence-electron chi connectivity index (χ0n) is 13.2. The molecule has 0 heterocycles. The number of esters is 1. The Morgan fingerprint density at radius 2 is 1.35 bits per heavy atom. The average Bonchev–Trinajstić information content (AvgIpc) is 2.60. The van der Waals surface area contributed by atoms with Gasteiger partial charge >= 0.3 is 5.97 Å². The minimum absolute atomic E-state index is 0.369. The SMILES string of the molecule is C=COC(=O)C(C)(C=Cc1ccccc1)C=Cc1ccccc1. The van der Waals surface area contributed by atoms with Crippen molar-refractivity contribution in [2.45, 2.75) is 6.92 Å². The summed E-state index contributed by atoms with van der Waals surface area (Å²) in [5.74, 6) is -0.369. The van der Waals surface area contributed by atoms with E-state index in [4.69, 9.17) is 4.74 Å². The molecule has 0 spiro atoms. The van der Waals surface area contributed by atoms with Gasteiger partial charge < -0.3 is 4.74 Å². The molecule has 0 radical (unpaired) electrons. The first kappa shape index (κ1) is 16.5. The van der Waals surface area contributed by atoms with E-state index in [1.165, 1.54) is 0 Å². The van der Waals surface area contributed by atoms with Gasteiger partial charge in [-0.1, -0.05) is 91.5 Å². The molecule has 0 saturated heterocycles. The number of carbonyl (C=O) groups excluding carboxylic acids is 1. The lowest BCUT2D eigenvalue weighted by Gasteiger charge is -2.18. The summed E-state index contributed by atoms with van der Waals surface area (Å²) in [5.41, 5.74) is 1.18. The van der Waals surface area contributed by atoms with Gasteiger partial charge in [-0.25, -0.2) is 0 Å². The molecule has 2 heteroatoms. The van der Waals surface area contributed by atoms with Gasteiger partial charge in [-0.05, 0) is 18.1 Å². The minimum atomic E-state index is -0.875. The summed E-state index contributed by atoms with van der Waals surface area (Å²) < 4.78 is 5.01. The lowest BCUT2D eigenvalue weighted by molar-refractivity contribution is -0.143. The largest absolute Gasteiger partial charge is 0.434 e. The highest BCUT2D eigenvalue weighted by Gasteiger charge is 2.28. The summed E-state index contributed by atoms with van der Waals surface area (Å²) >= 11 is 0. The predicted octanol–water partition coefficient (Wildman–Crippen LogP) is 5.11. The third-order valence-corrected chi connectivity index (χ3v) is 3.47. The predicted molar refractivity (Wildman–Crippen MR) is 95.3 cm³/mol. The molecule has 0 atom stereocenters. The van der Waals surface area contributed by atoms with Crippen LogP contribution < -0.4 is 0 Å². The minimum Gasteiger partial charge on any atom is -0.434 e. The molecule has 23 heavy (non-hydrogen) atoms. The van der Waals surface area contributed by atoms with Crippen molar-refractivity contribution in [3.63, 3.8) is 0 Å². The molecule has 0 aliphatic rings. The molecule has 0 bridgehead atoms. The average molecular weight is 304 g/mol. The first-order chi connectivity index (χ1) is 11.1. The number of hydrogen-bond acceptors (Lipinski definition) is 2. The van der Waals surface area contributed by atoms with Crippen LogP contribution in [0.15, 0.2) is 85.7 Å². The first-order valence-electron chi connectivity index (χ1n) is 7.44. The van der Waals surface area contributed by atoms with Crippen LogP contribution in [0.5, 0.6) is 0 Å². The van der Waals surface area contributed by atoms with Crippen LogP contribution in [0.4, 0.5) is 0 Å². The lowest BCUT2D eigenvalue weighted by atomic mass is 9.88. The molecule has 0 saturated carbocycles. The Balaban J connectivity index is 2.28. The zero-order chi connectivity index (χ0) is 16.5. The molecule has 2 aromatic rings. The van der Waals surface area contributed by atoms with Crippen molar-refractivity contribution in [1.82, 2.24) is 0 Å². The van der Waals surface area contributed by atoms with Gasteiger partial charge in [-0.2, -0.15) is 0 Å². The maximum Gasteiger partial charge on any atom is 0.324 e. The van der Waals surface area contributed by atoms with E-state index in [1.807, 2.05) is 91.9 Å². The molecule has 0 aliphatic carbocycles. The van der Waals surface area contributed by atoms with Crippen molar-refractivity contribution < 1.29 is 9.53 Å². The quantitative estimate of drug-likeness (QED) is 0.548. The van der Waals surface area contributed by atoms with Crippen molar-refractivity contribution in [3.05, 3.63) is 96.8 Å². The van der Waals surface area contributed by atoms with Crippen LogP contribution in [-0.4, -0.2) is 5.97 Å². The van der Waals surface area contributed by atoms with Crippen LogP contribution in [0.3, 0.4) is 0 Å². The smallest absolute Gasteiger partial charge is 0.324 e. The van der Waals surface area contributed by atoms with E-state index in [0.717, 1.165) is 17.4 Å². The summed E-state index contributed by atoms with van der Waals surface area (Å²) in [7, 11) is 0. The van der Waals surface area contributed by atoms with Crippen LogP contribution in [-0.2, 0) is 9.53 Å². The normalized spacial score (nSPS) is 13.8. The maximum atomic E-state index is 12.3. The maximum absolute atomic E-state index is 12.3. The fourth-order valence-corrected chi connectivity index (χ4v) is 2.06. The van der Waals surface area contributed by atoms with Crippen LogP contribution in [0, 0.1) is 5.41 Å². The Bertz CT molecular complexity index is 648. The van der Waals surface area contributed by atoms with Crippen molar-refractivity contribution in [3.8, 4) is 0 Å². The van der Waals surface area contributed by atoms with E-state index >= 15 is 0 Å². The molecule has 0 fully saturated rings. The highest BCUT2D eigenvalue weighted by molar-refractivity contribution is 5.84. The molecule has 116 valence electrons. The van der Waals surface area contributed by atoms with Gasteiger partial charge in [0.1, 0.15) is 5.41 Å². The summed E-state index contributed by atoms with van der Waals surface area (Å²) in [4.78, 5) is 12.3. The van der Waals surface area contributed by atoms with E-state index in [2.05, 4.69) is 6.58 Å². The van der Waals surface area contributed by atoms with Crippen molar-refractivity contribution in [1.29, 1.82) is 0 Å². The topological polar surface area (TPSA) is 26.3 Å². The standard InChI is InChI=1S/C21H20O2/c1-3-23-20(22)21(2,16-14-18-10-6-4-7-11-18)17-15-19-12-8-5-9-13-19/h3-17H,1H2,2H3. The number of hydrogen-bond donors (Lipinski definition) is 0. The second-order valence-electron chi connectivity index (χ2n) is 5.34. The van der Waals surface area contributed by atoms with Crippen LogP contribution in [0.25, 0.3) is 12.2 Å². The Morgan fingerprint density at radius 1 is 0.913 bits per heavy atom. The lowest BCUT2D eigenvalue weighted by Crippen LogP contribution is -2.24. The summed E-state index contributed by atoms with van der Waals surface area (Å²) in [5, 5.41) is 0. The van der Waals surface area contributed by atoms with Crippen LogP contribution in [0.1, 0.15) is 18.1 Å². The number of rotatable bonds is 6. The molecule has 0 aromatic heterocycles. The highest BCUT2D eigenvalue weighted by atomic mass is 16.5. The summed E-state index contributed by atoms with van der Waals surface area (Å²) in [6.07, 6.45) is 8.67. The van der Waals surface area contributed by atoms with Gasteiger partial charge in [0.15, 0.2) is 0 Å². The Kier molecular flexibility index (Phi) is 5.70. The van der Waals surface area contributed by atoms with Gasteiger partial charge in [-0.3, -0.25) is 4.79 Å². The third kappa shape index (κ3) is 4.82. The second kappa shape index (κ2) is 7.95. The molecule has 0 unspecified atom stereocenters. The number of benzene rings is 2. The molecule has 2 nitrogen and oxygen atoms in total. The molecule has 2 aromatic carbocycles. The number of carbonyl (C=O) groups is 1. The van der Waals surface area contributed by atoms with Crippen LogP contribution in [0.2, 0.25) is 0 Å². The molecule has 2 rings (SSSR count). The molecule has 0 amide bonds. The van der Waals surface area contributed by atoms with E-state index in [-0.39, 0.29) is 5.97 Å². The molecule has 0 aliphatic heterocycles. The van der Waals surface area contributed by atoms with Crippen molar-refractivity contribution in [2.24, 2.45) is 5.41 Å². The van der Waals surface area contributed by atoms with E-state index in [9.17, 15) is 4.79 Å². The Hall–Kier alpha value is -2.87. The van der Waals surface area contributed by atoms with Gasteiger partial charge in [0.05, 0.1) is 6.26 Å². The van der Waals surface area contributed by atoms with Crippen LogP contribution >= 0.6 is 0 Å². The number of ether oxygens (including phenoxy) is 1. The van der Waals surface area contributed by atoms with Gasteiger partial charge in [0.2, 0.25) is 0 Å². The van der Waals surface area contributed by atoms with Gasteiger partial charge in [0.25, 0.3) is 0 Å². The van der Waals surface area contributed by atoms with Crippen molar-refractivity contribution >= 4 is 18.1 Å². The Labute approximate surface area is 137 Å². The molecular formula is C21H20O2. The first-order valence-corrected chi connectivity index (χ1v) is 7.44. The Morgan fingerprint density at radius 3 is 1.74 bits per heavy atom. The summed E-state index contributed by atoms with van der Waals surface area (Å²) in [6.45, 7) is 5.28. The fraction of sp³-hybridized carbons (Fsp3) is 0.0952. The van der Waals surface area contributed by atoms with Gasteiger partial charge in [0, 0.05) is 0 Å². The molecule has 0 N–H and O–H groups in total. The van der Waals surface area contributed by atoms with E-state index in [1.54, 1.807) is 0 Å². The van der Waals surface area contributed by atoms with E-state index < -0.39 is 5.41 Å².